The molecule has 0 bridgehead atoms. The quantitative estimate of drug-likeness (QED) is 0.870. The number of para-hydroxylation sites is 1. The van der Waals surface area contributed by atoms with Crippen LogP contribution in [0, 0.1) is 0 Å². The lowest BCUT2D eigenvalue weighted by Crippen LogP contribution is -2.33. The highest BCUT2D eigenvalue weighted by molar-refractivity contribution is 6.06. The van der Waals surface area contributed by atoms with E-state index in [9.17, 15) is 5.11 Å². The third kappa shape index (κ3) is 2.65. The summed E-state index contributed by atoms with van der Waals surface area (Å²) in [6.45, 7) is 0.574. The molecule has 20 heavy (non-hydrogen) atoms. The molecule has 0 aromatic heterocycles. The zero-order chi connectivity index (χ0) is 13.8. The zero-order valence-corrected chi connectivity index (χ0v) is 10.9. The van der Waals surface area contributed by atoms with Gasteiger partial charge in [-0.2, -0.15) is 0 Å². The minimum Gasteiger partial charge on any atom is -0.490 e. The second-order valence-corrected chi connectivity index (χ2v) is 4.56. The Bertz CT molecular complexity index is 610. The minimum absolute atomic E-state index is 0.199. The van der Waals surface area contributed by atoms with Gasteiger partial charge in [0.15, 0.2) is 0 Å². The SMILES string of the molecule is OC1COc2ccccc2/C1=N/OCc1ccccc1. The van der Waals surface area contributed by atoms with Crippen LogP contribution >= 0.6 is 0 Å². The standard InChI is InChI=1S/C16H15NO3/c18-14-11-19-15-9-5-4-8-13(15)16(14)17-20-10-12-6-2-1-3-7-12/h1-9,14,18H,10-11H2/b17-16-. The van der Waals surface area contributed by atoms with Crippen LogP contribution in [0.15, 0.2) is 59.8 Å². The lowest BCUT2D eigenvalue weighted by Gasteiger charge is -2.22. The van der Waals surface area contributed by atoms with Gasteiger partial charge in [-0.25, -0.2) is 0 Å². The van der Waals surface area contributed by atoms with Crippen molar-refractivity contribution in [1.82, 2.24) is 0 Å². The normalized spacial score (nSPS) is 19.2. The molecule has 0 spiro atoms. The molecule has 0 radical (unpaired) electrons. The number of fused-ring (bicyclic) bond motifs is 1. The number of aliphatic hydroxyl groups excluding tert-OH is 1. The van der Waals surface area contributed by atoms with Crippen LogP contribution in [0.3, 0.4) is 0 Å². The van der Waals surface area contributed by atoms with E-state index >= 15 is 0 Å². The van der Waals surface area contributed by atoms with Crippen molar-refractivity contribution in [2.75, 3.05) is 6.61 Å². The topological polar surface area (TPSA) is 51.0 Å². The van der Waals surface area contributed by atoms with Gasteiger partial charge < -0.3 is 14.7 Å². The van der Waals surface area contributed by atoms with Gasteiger partial charge in [-0.05, 0) is 17.7 Å². The molecule has 0 saturated heterocycles. The van der Waals surface area contributed by atoms with Crippen LogP contribution in [-0.4, -0.2) is 23.5 Å². The van der Waals surface area contributed by atoms with E-state index in [4.69, 9.17) is 9.57 Å². The number of rotatable bonds is 3. The molecule has 4 heteroatoms. The first-order valence-corrected chi connectivity index (χ1v) is 6.48. The Kier molecular flexibility index (Phi) is 3.65. The predicted molar refractivity (Wildman–Crippen MR) is 75.7 cm³/mol. The third-order valence-corrected chi connectivity index (χ3v) is 3.11. The van der Waals surface area contributed by atoms with Crippen LogP contribution in [0.25, 0.3) is 0 Å². The number of nitrogens with zero attached hydrogens (tertiary/aromatic N) is 1. The molecule has 3 rings (SSSR count). The second-order valence-electron chi connectivity index (χ2n) is 4.56. The number of ether oxygens (including phenoxy) is 1. The van der Waals surface area contributed by atoms with Gasteiger partial charge in [0, 0.05) is 5.56 Å². The van der Waals surface area contributed by atoms with Gasteiger partial charge in [0.2, 0.25) is 0 Å². The van der Waals surface area contributed by atoms with Crippen molar-refractivity contribution >= 4 is 5.71 Å². The maximum absolute atomic E-state index is 9.98. The maximum Gasteiger partial charge on any atom is 0.142 e. The van der Waals surface area contributed by atoms with Gasteiger partial charge in [-0.15, -0.1) is 0 Å². The molecular formula is C16H15NO3. The van der Waals surface area contributed by atoms with Crippen LogP contribution < -0.4 is 4.74 Å². The smallest absolute Gasteiger partial charge is 0.142 e. The van der Waals surface area contributed by atoms with Gasteiger partial charge in [0.05, 0.1) is 0 Å². The van der Waals surface area contributed by atoms with Crippen molar-refractivity contribution in [2.45, 2.75) is 12.7 Å². The first-order chi connectivity index (χ1) is 9.84. The van der Waals surface area contributed by atoms with E-state index in [0.717, 1.165) is 16.9 Å². The molecule has 2 aromatic rings. The monoisotopic (exact) mass is 269 g/mol. The first-order valence-electron chi connectivity index (χ1n) is 6.48. The van der Waals surface area contributed by atoms with Gasteiger partial charge in [0.1, 0.15) is 30.8 Å². The van der Waals surface area contributed by atoms with E-state index in [1.807, 2.05) is 54.6 Å². The van der Waals surface area contributed by atoms with E-state index in [-0.39, 0.29) is 6.61 Å². The van der Waals surface area contributed by atoms with E-state index in [1.54, 1.807) is 0 Å². The van der Waals surface area contributed by atoms with Crippen molar-refractivity contribution in [3.63, 3.8) is 0 Å². The van der Waals surface area contributed by atoms with Gasteiger partial charge in [-0.1, -0.05) is 47.6 Å². The molecule has 2 aromatic carbocycles. The summed E-state index contributed by atoms with van der Waals surface area (Å²) >= 11 is 0. The van der Waals surface area contributed by atoms with Gasteiger partial charge in [0.25, 0.3) is 0 Å². The molecule has 0 aliphatic carbocycles. The highest BCUT2D eigenvalue weighted by Gasteiger charge is 2.25. The summed E-state index contributed by atoms with van der Waals surface area (Å²) in [5.74, 6) is 0.722. The van der Waals surface area contributed by atoms with Crippen molar-refractivity contribution < 1.29 is 14.7 Å². The van der Waals surface area contributed by atoms with Crippen LogP contribution in [-0.2, 0) is 11.4 Å². The van der Waals surface area contributed by atoms with Crippen LogP contribution in [0.2, 0.25) is 0 Å². The average molecular weight is 269 g/mol. The summed E-state index contributed by atoms with van der Waals surface area (Å²) in [5, 5.41) is 14.1. The zero-order valence-electron chi connectivity index (χ0n) is 10.9. The molecule has 102 valence electrons. The van der Waals surface area contributed by atoms with Gasteiger partial charge >= 0.3 is 0 Å². The number of aliphatic hydroxyl groups is 1. The summed E-state index contributed by atoms with van der Waals surface area (Å²) < 4.78 is 5.44. The minimum atomic E-state index is -0.763. The highest BCUT2D eigenvalue weighted by Crippen LogP contribution is 2.24. The van der Waals surface area contributed by atoms with Crippen molar-refractivity contribution in [3.05, 3.63) is 65.7 Å². The fourth-order valence-electron chi connectivity index (χ4n) is 2.09. The van der Waals surface area contributed by atoms with Gasteiger partial charge in [-0.3, -0.25) is 0 Å². The Morgan fingerprint density at radius 2 is 1.85 bits per heavy atom. The number of benzene rings is 2. The maximum atomic E-state index is 9.98. The van der Waals surface area contributed by atoms with E-state index in [0.29, 0.717) is 12.3 Å². The second kappa shape index (κ2) is 5.75. The molecule has 0 saturated carbocycles. The highest BCUT2D eigenvalue weighted by atomic mass is 16.6. The molecule has 1 atom stereocenters. The molecule has 1 unspecified atom stereocenters. The molecule has 1 N–H and O–H groups in total. The molecule has 1 heterocycles. The largest absolute Gasteiger partial charge is 0.490 e. The van der Waals surface area contributed by atoms with Crippen LogP contribution in [0.4, 0.5) is 0 Å². The fraction of sp³-hybridized carbons (Fsp3) is 0.188. The molecule has 1 aliphatic heterocycles. The Morgan fingerprint density at radius 3 is 2.70 bits per heavy atom. The number of oxime groups is 1. The Balaban J connectivity index is 1.77. The summed E-state index contributed by atoms with van der Waals surface area (Å²) in [5.41, 5.74) is 2.33. The Hall–Kier alpha value is -2.33. The number of hydrogen-bond acceptors (Lipinski definition) is 4. The summed E-state index contributed by atoms with van der Waals surface area (Å²) in [4.78, 5) is 5.36. The first kappa shape index (κ1) is 12.7. The molecule has 1 aliphatic rings. The summed E-state index contributed by atoms with van der Waals surface area (Å²) in [6.07, 6.45) is -0.763. The lowest BCUT2D eigenvalue weighted by atomic mass is 10.0. The molecular weight excluding hydrogens is 254 g/mol. The van der Waals surface area contributed by atoms with Crippen LogP contribution in [0.1, 0.15) is 11.1 Å². The molecule has 0 amide bonds. The van der Waals surface area contributed by atoms with Crippen molar-refractivity contribution in [1.29, 1.82) is 0 Å². The molecule has 4 nitrogen and oxygen atoms in total. The van der Waals surface area contributed by atoms with E-state index in [2.05, 4.69) is 5.16 Å². The third-order valence-electron chi connectivity index (χ3n) is 3.11. The fourth-order valence-corrected chi connectivity index (χ4v) is 2.09. The number of hydrogen-bond donors (Lipinski definition) is 1. The summed E-state index contributed by atoms with van der Waals surface area (Å²) in [6, 6.07) is 17.3. The average Bonchev–Trinajstić information content (AvgIpc) is 2.50. The Labute approximate surface area is 117 Å². The lowest BCUT2D eigenvalue weighted by molar-refractivity contribution is 0.113. The molecule has 0 fully saturated rings. The van der Waals surface area contributed by atoms with Crippen LogP contribution in [0.5, 0.6) is 5.75 Å². The van der Waals surface area contributed by atoms with Crippen molar-refractivity contribution in [2.24, 2.45) is 5.16 Å². The van der Waals surface area contributed by atoms with E-state index < -0.39 is 6.10 Å². The Morgan fingerprint density at radius 1 is 1.10 bits per heavy atom. The van der Waals surface area contributed by atoms with Crippen molar-refractivity contribution in [3.8, 4) is 5.75 Å². The van der Waals surface area contributed by atoms with E-state index in [1.165, 1.54) is 0 Å². The predicted octanol–water partition coefficient (Wildman–Crippen LogP) is 2.36. The summed E-state index contributed by atoms with van der Waals surface area (Å²) in [7, 11) is 0.